The van der Waals surface area contributed by atoms with Crippen molar-refractivity contribution in [2.45, 2.75) is 17.9 Å². The van der Waals surface area contributed by atoms with Crippen LogP contribution in [0.4, 0.5) is 5.00 Å². The fourth-order valence-corrected chi connectivity index (χ4v) is 3.77. The molecule has 0 aliphatic heterocycles. The number of esters is 1. The van der Waals surface area contributed by atoms with E-state index in [-0.39, 0.29) is 17.2 Å². The smallest absolute Gasteiger partial charge is 0.340 e. The third kappa shape index (κ3) is 5.58. The SMILES string of the molecule is C[C@H](OC(=O)c1ccccc1SCC(=O)N(C)C)C(=O)Nc1sccc1C#N. The number of amides is 2. The zero-order valence-electron chi connectivity index (χ0n) is 15.6. The molecule has 28 heavy (non-hydrogen) atoms. The average Bonchev–Trinajstić information content (AvgIpc) is 3.13. The highest BCUT2D eigenvalue weighted by atomic mass is 32.2. The van der Waals surface area contributed by atoms with Gasteiger partial charge in [0.05, 0.1) is 16.9 Å². The van der Waals surface area contributed by atoms with E-state index in [1.54, 1.807) is 49.8 Å². The number of carbonyl (C=O) groups excluding carboxylic acids is 3. The minimum Gasteiger partial charge on any atom is -0.449 e. The van der Waals surface area contributed by atoms with Crippen molar-refractivity contribution in [3.8, 4) is 6.07 Å². The quantitative estimate of drug-likeness (QED) is 0.549. The van der Waals surface area contributed by atoms with E-state index in [1.807, 2.05) is 6.07 Å². The first kappa shape index (κ1) is 21.5. The van der Waals surface area contributed by atoms with Crippen molar-refractivity contribution in [2.75, 3.05) is 25.2 Å². The van der Waals surface area contributed by atoms with Gasteiger partial charge in [0, 0.05) is 19.0 Å². The van der Waals surface area contributed by atoms with E-state index in [2.05, 4.69) is 5.32 Å². The molecule has 0 saturated heterocycles. The number of thiophene rings is 1. The summed E-state index contributed by atoms with van der Waals surface area (Å²) in [4.78, 5) is 38.6. The monoisotopic (exact) mass is 417 g/mol. The number of carbonyl (C=O) groups is 3. The van der Waals surface area contributed by atoms with Crippen LogP contribution in [0.2, 0.25) is 0 Å². The van der Waals surface area contributed by atoms with E-state index < -0.39 is 18.0 Å². The van der Waals surface area contributed by atoms with E-state index >= 15 is 0 Å². The van der Waals surface area contributed by atoms with Crippen molar-refractivity contribution in [3.05, 3.63) is 46.8 Å². The molecule has 1 aromatic carbocycles. The number of anilines is 1. The number of ether oxygens (including phenoxy) is 1. The maximum absolute atomic E-state index is 12.5. The molecule has 0 fully saturated rings. The highest BCUT2D eigenvalue weighted by Crippen LogP contribution is 2.25. The summed E-state index contributed by atoms with van der Waals surface area (Å²) in [6, 6.07) is 10.3. The Bertz CT molecular complexity index is 918. The van der Waals surface area contributed by atoms with Crippen molar-refractivity contribution in [1.82, 2.24) is 4.90 Å². The Morgan fingerprint density at radius 3 is 2.68 bits per heavy atom. The molecule has 146 valence electrons. The van der Waals surface area contributed by atoms with Crippen LogP contribution in [-0.4, -0.2) is 48.6 Å². The average molecular weight is 418 g/mol. The Balaban J connectivity index is 2.03. The van der Waals surface area contributed by atoms with Gasteiger partial charge >= 0.3 is 5.97 Å². The molecule has 1 atom stereocenters. The lowest BCUT2D eigenvalue weighted by molar-refractivity contribution is -0.126. The highest BCUT2D eigenvalue weighted by Gasteiger charge is 2.22. The minimum atomic E-state index is -1.05. The molecule has 0 radical (unpaired) electrons. The number of hydrogen-bond donors (Lipinski definition) is 1. The highest BCUT2D eigenvalue weighted by molar-refractivity contribution is 8.00. The Hall–Kier alpha value is -2.83. The summed E-state index contributed by atoms with van der Waals surface area (Å²) in [6.45, 7) is 1.46. The fraction of sp³-hybridized carbons (Fsp3) is 0.263. The third-order valence-corrected chi connectivity index (χ3v) is 5.52. The molecular weight excluding hydrogens is 398 g/mol. The predicted octanol–water partition coefficient (Wildman–Crippen LogP) is 2.98. The van der Waals surface area contributed by atoms with E-state index in [0.717, 1.165) is 0 Å². The second kappa shape index (κ2) is 9.92. The van der Waals surface area contributed by atoms with Crippen LogP contribution in [0, 0.1) is 11.3 Å². The van der Waals surface area contributed by atoms with Gasteiger partial charge < -0.3 is 15.0 Å². The summed E-state index contributed by atoms with van der Waals surface area (Å²) in [5, 5.41) is 13.7. The van der Waals surface area contributed by atoms with Gasteiger partial charge in [-0.3, -0.25) is 9.59 Å². The van der Waals surface area contributed by atoms with Crippen molar-refractivity contribution in [1.29, 1.82) is 5.26 Å². The lowest BCUT2D eigenvalue weighted by atomic mass is 10.2. The molecule has 0 unspecified atom stereocenters. The third-order valence-electron chi connectivity index (χ3n) is 3.63. The Kier molecular flexibility index (Phi) is 7.61. The number of nitriles is 1. The molecule has 1 aromatic heterocycles. The van der Waals surface area contributed by atoms with Gasteiger partial charge in [-0.1, -0.05) is 12.1 Å². The van der Waals surface area contributed by atoms with Gasteiger partial charge in [0.25, 0.3) is 5.91 Å². The lowest BCUT2D eigenvalue weighted by Gasteiger charge is -2.15. The first-order chi connectivity index (χ1) is 13.3. The predicted molar refractivity (Wildman–Crippen MR) is 108 cm³/mol. The van der Waals surface area contributed by atoms with Crippen molar-refractivity contribution in [3.63, 3.8) is 0 Å². The van der Waals surface area contributed by atoms with E-state index in [1.165, 1.54) is 34.9 Å². The molecule has 2 rings (SSSR count). The van der Waals surface area contributed by atoms with Crippen molar-refractivity contribution in [2.24, 2.45) is 0 Å². The molecule has 7 nitrogen and oxygen atoms in total. The van der Waals surface area contributed by atoms with Gasteiger partial charge in [-0.05, 0) is 30.5 Å². The molecule has 2 amide bonds. The summed E-state index contributed by atoms with van der Waals surface area (Å²) < 4.78 is 5.28. The zero-order chi connectivity index (χ0) is 20.7. The summed E-state index contributed by atoms with van der Waals surface area (Å²) in [5.74, 6) is -1.08. The number of nitrogens with zero attached hydrogens (tertiary/aromatic N) is 2. The maximum atomic E-state index is 12.5. The summed E-state index contributed by atoms with van der Waals surface area (Å²) in [5.41, 5.74) is 0.636. The Labute approximate surface area is 171 Å². The second-order valence-corrected chi connectivity index (χ2v) is 7.82. The maximum Gasteiger partial charge on any atom is 0.340 e. The molecule has 1 heterocycles. The van der Waals surface area contributed by atoms with Crippen LogP contribution >= 0.6 is 23.1 Å². The number of thioether (sulfide) groups is 1. The molecule has 0 spiro atoms. The van der Waals surface area contributed by atoms with Crippen LogP contribution in [0.3, 0.4) is 0 Å². The summed E-state index contributed by atoms with van der Waals surface area (Å²) in [7, 11) is 3.32. The van der Waals surface area contributed by atoms with Gasteiger partial charge in [-0.2, -0.15) is 5.26 Å². The normalized spacial score (nSPS) is 11.2. The first-order valence-corrected chi connectivity index (χ1v) is 10.1. The first-order valence-electron chi connectivity index (χ1n) is 8.25. The number of hydrogen-bond acceptors (Lipinski definition) is 7. The van der Waals surface area contributed by atoms with Crippen LogP contribution in [0.1, 0.15) is 22.8 Å². The van der Waals surface area contributed by atoms with Crippen LogP contribution in [0.15, 0.2) is 40.6 Å². The van der Waals surface area contributed by atoms with Gasteiger partial charge in [0.15, 0.2) is 6.10 Å². The molecule has 1 N–H and O–H groups in total. The largest absolute Gasteiger partial charge is 0.449 e. The Morgan fingerprint density at radius 2 is 2.00 bits per heavy atom. The van der Waals surface area contributed by atoms with Gasteiger partial charge in [0.1, 0.15) is 11.1 Å². The van der Waals surface area contributed by atoms with Gasteiger partial charge in [0.2, 0.25) is 5.91 Å². The number of rotatable bonds is 7. The van der Waals surface area contributed by atoms with Gasteiger partial charge in [-0.25, -0.2) is 4.79 Å². The van der Waals surface area contributed by atoms with Crippen LogP contribution < -0.4 is 5.32 Å². The van der Waals surface area contributed by atoms with Crippen molar-refractivity contribution >= 4 is 45.9 Å². The van der Waals surface area contributed by atoms with Gasteiger partial charge in [-0.15, -0.1) is 23.1 Å². The minimum absolute atomic E-state index is 0.0786. The molecule has 0 saturated carbocycles. The van der Waals surface area contributed by atoms with E-state index in [0.29, 0.717) is 15.5 Å². The van der Waals surface area contributed by atoms with E-state index in [9.17, 15) is 14.4 Å². The van der Waals surface area contributed by atoms with Crippen LogP contribution in [0.5, 0.6) is 0 Å². The summed E-state index contributed by atoms with van der Waals surface area (Å²) in [6.07, 6.45) is -1.05. The molecule has 2 aromatic rings. The fourth-order valence-electron chi connectivity index (χ4n) is 2.01. The molecule has 9 heteroatoms. The lowest BCUT2D eigenvalue weighted by Crippen LogP contribution is -2.30. The number of benzene rings is 1. The topological polar surface area (TPSA) is 99.5 Å². The van der Waals surface area contributed by atoms with Crippen LogP contribution in [0.25, 0.3) is 0 Å². The second-order valence-electron chi connectivity index (χ2n) is 5.88. The van der Waals surface area contributed by atoms with Crippen LogP contribution in [-0.2, 0) is 14.3 Å². The zero-order valence-corrected chi connectivity index (χ0v) is 17.2. The molecular formula is C19H19N3O4S2. The summed E-state index contributed by atoms with van der Waals surface area (Å²) >= 11 is 2.44. The standard InChI is InChI=1S/C19H19N3O4S2/c1-12(17(24)21-18-13(10-20)8-9-27-18)26-19(25)14-6-4-5-7-15(14)28-11-16(23)22(2)3/h4-9,12H,11H2,1-3H3,(H,21,24)/t12-/m0/s1. The van der Waals surface area contributed by atoms with E-state index in [4.69, 9.17) is 10.00 Å². The molecule has 0 aliphatic rings. The number of nitrogens with one attached hydrogen (secondary N) is 1. The van der Waals surface area contributed by atoms with Crippen molar-refractivity contribution < 1.29 is 19.1 Å². The Morgan fingerprint density at radius 1 is 1.29 bits per heavy atom. The molecule has 0 bridgehead atoms. The molecule has 0 aliphatic carbocycles.